The van der Waals surface area contributed by atoms with Crippen LogP contribution in [0.25, 0.3) is 0 Å². The van der Waals surface area contributed by atoms with Crippen molar-refractivity contribution in [3.63, 3.8) is 0 Å². The van der Waals surface area contributed by atoms with Gasteiger partial charge in [-0.25, -0.2) is 4.39 Å². The van der Waals surface area contributed by atoms with Crippen LogP contribution in [-0.2, 0) is 6.54 Å². The number of nitro groups is 1. The van der Waals surface area contributed by atoms with E-state index in [9.17, 15) is 14.5 Å². The van der Waals surface area contributed by atoms with Crippen LogP contribution in [0, 0.1) is 15.9 Å². The Morgan fingerprint density at radius 1 is 1.33 bits per heavy atom. The zero-order chi connectivity index (χ0) is 15.4. The Bertz CT molecular complexity index is 679. The van der Waals surface area contributed by atoms with Crippen LogP contribution in [0.3, 0.4) is 0 Å². The molecule has 0 saturated carbocycles. The summed E-state index contributed by atoms with van der Waals surface area (Å²) in [4.78, 5) is 10.2. The van der Waals surface area contributed by atoms with Crippen LogP contribution < -0.4 is 10.1 Å². The number of halogens is 2. The highest BCUT2D eigenvalue weighted by molar-refractivity contribution is 9.10. The van der Waals surface area contributed by atoms with E-state index >= 15 is 0 Å². The highest BCUT2D eigenvalue weighted by Crippen LogP contribution is 2.25. The number of nitro benzene ring substituents is 1. The number of non-ortho nitro benzene ring substituents is 1. The lowest BCUT2D eigenvalue weighted by Gasteiger charge is -2.10. The first-order valence-electron chi connectivity index (χ1n) is 6.01. The number of hydrogen-bond donors (Lipinski definition) is 1. The maximum atomic E-state index is 13.7. The Kier molecular flexibility index (Phi) is 4.74. The van der Waals surface area contributed by atoms with E-state index < -0.39 is 10.7 Å². The standard InChI is InChI=1S/C14H12BrFN2O3/c1-21-11-4-5-13(16)14(7-11)17-8-9-2-3-10(18(19)20)6-12(9)15/h2-7,17H,8H2,1H3. The summed E-state index contributed by atoms with van der Waals surface area (Å²) in [6.45, 7) is 0.322. The van der Waals surface area contributed by atoms with Gasteiger partial charge in [0, 0.05) is 29.2 Å². The number of rotatable bonds is 5. The third-order valence-corrected chi connectivity index (χ3v) is 3.63. The Labute approximate surface area is 129 Å². The molecule has 0 heterocycles. The first-order valence-corrected chi connectivity index (χ1v) is 6.81. The van der Waals surface area contributed by atoms with Crippen LogP contribution >= 0.6 is 15.9 Å². The van der Waals surface area contributed by atoms with Gasteiger partial charge in [-0.15, -0.1) is 0 Å². The van der Waals surface area contributed by atoms with E-state index in [0.717, 1.165) is 5.56 Å². The van der Waals surface area contributed by atoms with Gasteiger partial charge in [0.05, 0.1) is 17.7 Å². The molecule has 0 saturated heterocycles. The van der Waals surface area contributed by atoms with Gasteiger partial charge in [0.25, 0.3) is 5.69 Å². The summed E-state index contributed by atoms with van der Waals surface area (Å²) in [6, 6.07) is 8.83. The molecule has 2 rings (SSSR count). The molecular weight excluding hydrogens is 343 g/mol. The lowest BCUT2D eigenvalue weighted by Crippen LogP contribution is -2.03. The molecule has 0 atom stereocenters. The predicted molar refractivity (Wildman–Crippen MR) is 81.1 cm³/mol. The summed E-state index contributed by atoms with van der Waals surface area (Å²) in [5.74, 6) is 0.149. The van der Waals surface area contributed by atoms with Gasteiger partial charge >= 0.3 is 0 Å². The van der Waals surface area contributed by atoms with Crippen molar-refractivity contribution in [2.24, 2.45) is 0 Å². The van der Waals surface area contributed by atoms with Crippen LogP contribution in [0.2, 0.25) is 0 Å². The lowest BCUT2D eigenvalue weighted by molar-refractivity contribution is -0.384. The third kappa shape index (κ3) is 3.69. The molecule has 2 aromatic rings. The average Bonchev–Trinajstić information content (AvgIpc) is 2.47. The third-order valence-electron chi connectivity index (χ3n) is 2.89. The summed E-state index contributed by atoms with van der Waals surface area (Å²) in [5, 5.41) is 13.6. The van der Waals surface area contributed by atoms with Gasteiger partial charge in [0.1, 0.15) is 11.6 Å². The SMILES string of the molecule is COc1ccc(F)c(NCc2ccc([N+](=O)[O-])cc2Br)c1. The van der Waals surface area contributed by atoms with Gasteiger partial charge in [-0.1, -0.05) is 15.9 Å². The van der Waals surface area contributed by atoms with Crippen LogP contribution in [0.1, 0.15) is 5.56 Å². The van der Waals surface area contributed by atoms with E-state index in [1.807, 2.05) is 0 Å². The van der Waals surface area contributed by atoms with Crippen LogP contribution in [0.5, 0.6) is 5.75 Å². The number of hydrogen-bond acceptors (Lipinski definition) is 4. The van der Waals surface area contributed by atoms with Gasteiger partial charge in [0.2, 0.25) is 0 Å². The van der Waals surface area contributed by atoms with E-state index in [2.05, 4.69) is 21.2 Å². The molecule has 0 radical (unpaired) electrons. The number of nitrogens with one attached hydrogen (secondary N) is 1. The van der Waals surface area contributed by atoms with Gasteiger partial charge < -0.3 is 10.1 Å². The van der Waals surface area contributed by atoms with E-state index in [1.165, 1.54) is 31.4 Å². The van der Waals surface area contributed by atoms with E-state index in [0.29, 0.717) is 22.5 Å². The molecule has 0 aliphatic heterocycles. The van der Waals surface area contributed by atoms with E-state index in [-0.39, 0.29) is 5.69 Å². The van der Waals surface area contributed by atoms with Crippen molar-refractivity contribution in [3.8, 4) is 5.75 Å². The van der Waals surface area contributed by atoms with Crippen LogP contribution in [-0.4, -0.2) is 12.0 Å². The highest BCUT2D eigenvalue weighted by atomic mass is 79.9. The Hall–Kier alpha value is -2.15. The van der Waals surface area contributed by atoms with E-state index in [1.54, 1.807) is 12.1 Å². The Morgan fingerprint density at radius 2 is 2.10 bits per heavy atom. The zero-order valence-electron chi connectivity index (χ0n) is 11.1. The fourth-order valence-electron chi connectivity index (χ4n) is 1.75. The van der Waals surface area contributed by atoms with Crippen molar-refractivity contribution in [1.82, 2.24) is 0 Å². The fraction of sp³-hybridized carbons (Fsp3) is 0.143. The minimum absolute atomic E-state index is 0.00168. The normalized spacial score (nSPS) is 10.2. The molecule has 0 aliphatic carbocycles. The minimum Gasteiger partial charge on any atom is -0.497 e. The minimum atomic E-state index is -0.469. The molecule has 2 aromatic carbocycles. The summed E-state index contributed by atoms with van der Waals surface area (Å²) in [6.07, 6.45) is 0. The lowest BCUT2D eigenvalue weighted by atomic mass is 10.2. The topological polar surface area (TPSA) is 64.4 Å². The van der Waals surface area contributed by atoms with Crippen LogP contribution in [0.4, 0.5) is 15.8 Å². The first-order chi connectivity index (χ1) is 10.0. The highest BCUT2D eigenvalue weighted by Gasteiger charge is 2.10. The number of anilines is 1. The molecule has 0 aromatic heterocycles. The van der Waals surface area contributed by atoms with Crippen molar-refractivity contribution in [2.45, 2.75) is 6.54 Å². The van der Waals surface area contributed by atoms with Gasteiger partial charge in [-0.3, -0.25) is 10.1 Å². The van der Waals surface area contributed by atoms with Crippen molar-refractivity contribution < 1.29 is 14.1 Å². The zero-order valence-corrected chi connectivity index (χ0v) is 12.7. The second-order valence-corrected chi connectivity index (χ2v) is 5.09. The van der Waals surface area contributed by atoms with Gasteiger partial charge in [-0.05, 0) is 23.8 Å². The summed E-state index contributed by atoms with van der Waals surface area (Å²) < 4.78 is 19.3. The number of methoxy groups -OCH3 is 1. The van der Waals surface area contributed by atoms with Crippen LogP contribution in [0.15, 0.2) is 40.9 Å². The molecule has 0 bridgehead atoms. The van der Waals surface area contributed by atoms with Gasteiger partial charge in [-0.2, -0.15) is 0 Å². The average molecular weight is 355 g/mol. The quantitative estimate of drug-likeness (QED) is 0.647. The van der Waals surface area contributed by atoms with Crippen molar-refractivity contribution in [1.29, 1.82) is 0 Å². The number of ether oxygens (including phenoxy) is 1. The largest absolute Gasteiger partial charge is 0.497 e. The summed E-state index contributed by atoms with van der Waals surface area (Å²) in [7, 11) is 1.50. The van der Waals surface area contributed by atoms with Crippen molar-refractivity contribution >= 4 is 27.3 Å². The fourth-order valence-corrected chi connectivity index (χ4v) is 2.26. The number of benzene rings is 2. The molecule has 0 aliphatic rings. The van der Waals surface area contributed by atoms with Crippen molar-refractivity contribution in [3.05, 3.63) is 62.4 Å². The maximum absolute atomic E-state index is 13.7. The smallest absolute Gasteiger partial charge is 0.270 e. The molecule has 0 unspecified atom stereocenters. The molecule has 5 nitrogen and oxygen atoms in total. The molecule has 21 heavy (non-hydrogen) atoms. The first kappa shape index (κ1) is 15.2. The molecule has 0 amide bonds. The van der Waals surface area contributed by atoms with Crippen molar-refractivity contribution in [2.75, 3.05) is 12.4 Å². The molecule has 110 valence electrons. The Balaban J connectivity index is 2.15. The Morgan fingerprint density at radius 3 is 2.71 bits per heavy atom. The molecule has 7 heteroatoms. The predicted octanol–water partition coefficient (Wildman–Crippen LogP) is 4.12. The monoisotopic (exact) mass is 354 g/mol. The summed E-state index contributed by atoms with van der Waals surface area (Å²) in [5.41, 5.74) is 1.08. The number of nitrogens with zero attached hydrogens (tertiary/aromatic N) is 1. The molecule has 0 fully saturated rings. The van der Waals surface area contributed by atoms with Gasteiger partial charge in [0.15, 0.2) is 0 Å². The second-order valence-electron chi connectivity index (χ2n) is 4.23. The molecular formula is C14H12BrFN2O3. The molecule has 1 N–H and O–H groups in total. The van der Waals surface area contributed by atoms with E-state index in [4.69, 9.17) is 4.74 Å². The second kappa shape index (κ2) is 6.53. The summed E-state index contributed by atoms with van der Waals surface area (Å²) >= 11 is 3.27. The molecule has 0 spiro atoms. The maximum Gasteiger partial charge on any atom is 0.270 e.